The van der Waals surface area contributed by atoms with E-state index in [1.165, 1.54) is 6.42 Å². The Labute approximate surface area is 105 Å². The molecule has 1 fully saturated rings. The summed E-state index contributed by atoms with van der Waals surface area (Å²) in [7, 11) is 3.49. The van der Waals surface area contributed by atoms with Gasteiger partial charge in [0.2, 0.25) is 0 Å². The van der Waals surface area contributed by atoms with Crippen LogP contribution in [0.5, 0.6) is 0 Å². The molecule has 0 unspecified atom stereocenters. The summed E-state index contributed by atoms with van der Waals surface area (Å²) in [6.07, 6.45) is 3.30. The van der Waals surface area contributed by atoms with E-state index in [0.29, 0.717) is 5.82 Å². The van der Waals surface area contributed by atoms with E-state index in [1.807, 2.05) is 11.0 Å². The first-order valence-electron chi connectivity index (χ1n) is 6.01. The average molecular weight is 248 g/mol. The van der Waals surface area contributed by atoms with Gasteiger partial charge in [-0.15, -0.1) is 0 Å². The zero-order valence-corrected chi connectivity index (χ0v) is 10.6. The molecule has 0 spiro atoms. The molecule has 0 saturated carbocycles. The first-order chi connectivity index (χ1) is 8.63. The van der Waals surface area contributed by atoms with Gasteiger partial charge in [-0.3, -0.25) is 0 Å². The molecule has 1 aliphatic heterocycles. The van der Waals surface area contributed by atoms with E-state index in [0.717, 1.165) is 25.9 Å². The van der Waals surface area contributed by atoms with Crippen LogP contribution in [-0.2, 0) is 0 Å². The minimum atomic E-state index is -0.614. The van der Waals surface area contributed by atoms with Crippen molar-refractivity contribution in [3.63, 3.8) is 0 Å². The molecule has 0 aromatic carbocycles. The maximum Gasteiger partial charge on any atom is 0.360 e. The normalized spacial score (nSPS) is 15.3. The zero-order chi connectivity index (χ0) is 13.1. The molecule has 1 aromatic rings. The van der Waals surface area contributed by atoms with Crippen molar-refractivity contribution in [2.75, 3.05) is 37.0 Å². The van der Waals surface area contributed by atoms with Crippen LogP contribution in [0.1, 0.15) is 24.8 Å². The summed E-state index contributed by atoms with van der Waals surface area (Å²) in [6.45, 7) is 1.66. The summed E-state index contributed by atoms with van der Waals surface area (Å²) >= 11 is 0. The van der Waals surface area contributed by atoms with E-state index in [2.05, 4.69) is 4.98 Å². The van der Waals surface area contributed by atoms with Crippen molar-refractivity contribution in [1.82, 2.24) is 4.98 Å². The van der Waals surface area contributed by atoms with Crippen molar-refractivity contribution in [2.45, 2.75) is 19.3 Å². The van der Waals surface area contributed by atoms with Crippen LogP contribution in [0.15, 0.2) is 9.21 Å². The highest BCUT2D eigenvalue weighted by atomic mass is 16.4. The Bertz CT molecular complexity index is 524. The number of hydrogen-bond donors (Lipinski definition) is 0. The fraction of sp³-hybridized carbons (Fsp3) is 0.583. The maximum atomic E-state index is 11.8. The third-order valence-corrected chi connectivity index (χ3v) is 2.96. The van der Waals surface area contributed by atoms with Crippen molar-refractivity contribution in [3.05, 3.63) is 16.0 Å². The van der Waals surface area contributed by atoms with Gasteiger partial charge in [0.05, 0.1) is 0 Å². The van der Waals surface area contributed by atoms with Gasteiger partial charge in [0.15, 0.2) is 11.4 Å². The SMILES string of the molecule is CN(C)c1nc(N2CCCCC2)c(C#N)c(=O)o1. The van der Waals surface area contributed by atoms with Gasteiger partial charge in [0.25, 0.3) is 0 Å². The molecule has 6 nitrogen and oxygen atoms in total. The Morgan fingerprint density at radius 1 is 1.33 bits per heavy atom. The molecule has 0 aliphatic carbocycles. The van der Waals surface area contributed by atoms with Crippen LogP contribution < -0.4 is 15.4 Å². The topological polar surface area (TPSA) is 73.4 Å². The largest absolute Gasteiger partial charge is 0.388 e. The van der Waals surface area contributed by atoms with Crippen LogP contribution in [0.25, 0.3) is 0 Å². The summed E-state index contributed by atoms with van der Waals surface area (Å²) in [5.74, 6) is 0.456. The van der Waals surface area contributed by atoms with Gasteiger partial charge in [-0.2, -0.15) is 10.2 Å². The fourth-order valence-corrected chi connectivity index (χ4v) is 2.02. The van der Waals surface area contributed by atoms with E-state index >= 15 is 0 Å². The molecule has 1 aromatic heterocycles. The molecule has 0 bridgehead atoms. The zero-order valence-electron chi connectivity index (χ0n) is 10.6. The second-order valence-corrected chi connectivity index (χ2v) is 4.54. The molecule has 96 valence electrons. The molecule has 1 aliphatic rings. The average Bonchev–Trinajstić information content (AvgIpc) is 2.38. The summed E-state index contributed by atoms with van der Waals surface area (Å²) in [4.78, 5) is 19.7. The van der Waals surface area contributed by atoms with Crippen molar-refractivity contribution in [1.29, 1.82) is 5.26 Å². The minimum absolute atomic E-state index is 0.00231. The third kappa shape index (κ3) is 2.30. The monoisotopic (exact) mass is 248 g/mol. The molecule has 0 radical (unpaired) electrons. The van der Waals surface area contributed by atoms with Gasteiger partial charge in [-0.1, -0.05) is 0 Å². The molecule has 0 atom stereocenters. The van der Waals surface area contributed by atoms with Crippen LogP contribution in [0.2, 0.25) is 0 Å². The van der Waals surface area contributed by atoms with Gasteiger partial charge in [0, 0.05) is 27.2 Å². The predicted molar refractivity (Wildman–Crippen MR) is 67.9 cm³/mol. The van der Waals surface area contributed by atoms with Crippen molar-refractivity contribution >= 4 is 11.8 Å². The number of nitrogens with zero attached hydrogens (tertiary/aromatic N) is 4. The molecule has 2 heterocycles. The van der Waals surface area contributed by atoms with Gasteiger partial charge < -0.3 is 14.2 Å². The van der Waals surface area contributed by atoms with Crippen LogP contribution >= 0.6 is 0 Å². The lowest BCUT2D eigenvalue weighted by atomic mass is 10.1. The summed E-state index contributed by atoms with van der Waals surface area (Å²) in [5, 5.41) is 9.07. The number of aromatic nitrogens is 1. The van der Waals surface area contributed by atoms with Gasteiger partial charge >= 0.3 is 11.6 Å². The van der Waals surface area contributed by atoms with E-state index in [9.17, 15) is 4.79 Å². The number of hydrogen-bond acceptors (Lipinski definition) is 6. The van der Waals surface area contributed by atoms with Crippen LogP contribution in [0, 0.1) is 11.3 Å². The van der Waals surface area contributed by atoms with E-state index in [4.69, 9.17) is 9.68 Å². The maximum absolute atomic E-state index is 11.8. The Balaban J connectivity index is 2.49. The Morgan fingerprint density at radius 3 is 2.56 bits per heavy atom. The third-order valence-electron chi connectivity index (χ3n) is 2.96. The lowest BCUT2D eigenvalue weighted by Gasteiger charge is -2.28. The Hall–Kier alpha value is -2.03. The standard InChI is InChI=1S/C12H16N4O2/c1-15(2)12-14-10(9(8-13)11(17)18-12)16-6-4-3-5-7-16/h3-7H2,1-2H3. The quantitative estimate of drug-likeness (QED) is 0.776. The molecule has 0 N–H and O–H groups in total. The Morgan fingerprint density at radius 2 is 2.00 bits per heavy atom. The highest BCUT2D eigenvalue weighted by Crippen LogP contribution is 2.21. The van der Waals surface area contributed by atoms with E-state index in [1.54, 1.807) is 19.0 Å². The molecule has 6 heteroatoms. The molecular weight excluding hydrogens is 232 g/mol. The van der Waals surface area contributed by atoms with Crippen LogP contribution in [0.3, 0.4) is 0 Å². The second kappa shape index (κ2) is 5.08. The molecular formula is C12H16N4O2. The molecule has 2 rings (SSSR count). The summed E-state index contributed by atoms with van der Waals surface area (Å²) in [5.41, 5.74) is -0.612. The minimum Gasteiger partial charge on any atom is -0.388 e. The Kier molecular flexibility index (Phi) is 3.51. The predicted octanol–water partition coefficient (Wildman–Crippen LogP) is 0.963. The van der Waals surface area contributed by atoms with E-state index < -0.39 is 5.63 Å². The number of anilines is 2. The first-order valence-corrected chi connectivity index (χ1v) is 6.01. The summed E-state index contributed by atoms with van der Waals surface area (Å²) < 4.78 is 5.00. The van der Waals surface area contributed by atoms with Crippen molar-refractivity contribution in [2.24, 2.45) is 0 Å². The van der Waals surface area contributed by atoms with Gasteiger partial charge in [-0.25, -0.2) is 4.79 Å². The second-order valence-electron chi connectivity index (χ2n) is 4.54. The number of nitriles is 1. The fourth-order valence-electron chi connectivity index (χ4n) is 2.02. The number of piperidine rings is 1. The molecule has 0 amide bonds. The number of rotatable bonds is 2. The lowest BCUT2D eigenvalue weighted by Crippen LogP contribution is -2.33. The lowest BCUT2D eigenvalue weighted by molar-refractivity contribution is 0.485. The molecule has 18 heavy (non-hydrogen) atoms. The van der Waals surface area contributed by atoms with Crippen LogP contribution in [-0.4, -0.2) is 32.2 Å². The van der Waals surface area contributed by atoms with Crippen molar-refractivity contribution in [3.8, 4) is 6.07 Å². The van der Waals surface area contributed by atoms with E-state index in [-0.39, 0.29) is 11.6 Å². The van der Waals surface area contributed by atoms with Gasteiger partial charge in [-0.05, 0) is 19.3 Å². The highest BCUT2D eigenvalue weighted by Gasteiger charge is 2.21. The first kappa shape index (κ1) is 12.4. The van der Waals surface area contributed by atoms with Gasteiger partial charge in [0.1, 0.15) is 6.07 Å². The molecule has 1 saturated heterocycles. The summed E-state index contributed by atoms with van der Waals surface area (Å²) in [6, 6.07) is 2.13. The van der Waals surface area contributed by atoms with Crippen LogP contribution in [0.4, 0.5) is 11.8 Å². The smallest absolute Gasteiger partial charge is 0.360 e. The van der Waals surface area contributed by atoms with Crippen molar-refractivity contribution < 1.29 is 4.42 Å². The highest BCUT2D eigenvalue weighted by molar-refractivity contribution is 5.54.